The lowest BCUT2D eigenvalue weighted by molar-refractivity contribution is -0.122. The van der Waals surface area contributed by atoms with Crippen LogP contribution in [0, 0.1) is 17.6 Å². The van der Waals surface area contributed by atoms with Crippen LogP contribution in [0.25, 0.3) is 0 Å². The molecule has 1 aromatic carbocycles. The van der Waals surface area contributed by atoms with Crippen molar-refractivity contribution >= 4 is 5.91 Å². The van der Waals surface area contributed by atoms with E-state index in [9.17, 15) is 13.6 Å². The third-order valence-corrected chi connectivity index (χ3v) is 3.41. The summed E-state index contributed by atoms with van der Waals surface area (Å²) >= 11 is 0. The van der Waals surface area contributed by atoms with Crippen molar-refractivity contribution in [3.05, 3.63) is 35.4 Å². The highest BCUT2D eigenvalue weighted by molar-refractivity contribution is 5.76. The van der Waals surface area contributed by atoms with E-state index in [1.165, 1.54) is 6.07 Å². The minimum atomic E-state index is -0.884. The van der Waals surface area contributed by atoms with Gasteiger partial charge in [0.1, 0.15) is 0 Å². The fraction of sp³-hybridized carbons (Fsp3) is 0.500. The normalized spacial score (nSPS) is 16.3. The molecule has 1 fully saturated rings. The Kier molecular flexibility index (Phi) is 4.85. The molecule has 1 aromatic rings. The molecule has 0 saturated carbocycles. The number of piperidine rings is 1. The molecule has 0 atom stereocenters. The molecule has 0 spiro atoms. The minimum Gasteiger partial charge on any atom is -0.352 e. The third kappa shape index (κ3) is 4.28. The molecule has 104 valence electrons. The van der Waals surface area contributed by atoms with E-state index in [1.54, 1.807) is 0 Å². The van der Waals surface area contributed by atoms with Gasteiger partial charge < -0.3 is 10.6 Å². The molecule has 3 nitrogen and oxygen atoms in total. The summed E-state index contributed by atoms with van der Waals surface area (Å²) < 4.78 is 25.7. The van der Waals surface area contributed by atoms with Crippen LogP contribution in [0.4, 0.5) is 8.78 Å². The van der Waals surface area contributed by atoms with Crippen LogP contribution in [0.2, 0.25) is 0 Å². The van der Waals surface area contributed by atoms with Crippen LogP contribution >= 0.6 is 0 Å². The molecule has 0 radical (unpaired) electrons. The van der Waals surface area contributed by atoms with Crippen molar-refractivity contribution in [3.8, 4) is 0 Å². The van der Waals surface area contributed by atoms with Crippen LogP contribution in [-0.2, 0) is 11.3 Å². The van der Waals surface area contributed by atoms with Gasteiger partial charge >= 0.3 is 0 Å². The second kappa shape index (κ2) is 6.61. The Morgan fingerprint density at radius 1 is 1.26 bits per heavy atom. The zero-order chi connectivity index (χ0) is 13.7. The zero-order valence-corrected chi connectivity index (χ0v) is 10.7. The van der Waals surface area contributed by atoms with Gasteiger partial charge in [0.25, 0.3) is 0 Å². The number of carbonyl (C=O) groups excluding carboxylic acids is 1. The number of halogens is 2. The molecule has 1 saturated heterocycles. The lowest BCUT2D eigenvalue weighted by Gasteiger charge is -2.21. The van der Waals surface area contributed by atoms with Crippen LogP contribution in [0.5, 0.6) is 0 Å². The molecule has 19 heavy (non-hydrogen) atoms. The first kappa shape index (κ1) is 13.9. The Bertz CT molecular complexity index is 445. The summed E-state index contributed by atoms with van der Waals surface area (Å²) in [5.74, 6) is -1.36. The summed E-state index contributed by atoms with van der Waals surface area (Å²) in [5.41, 5.74) is 0.567. The number of benzene rings is 1. The van der Waals surface area contributed by atoms with Crippen LogP contribution in [-0.4, -0.2) is 19.0 Å². The number of rotatable bonds is 4. The van der Waals surface area contributed by atoms with Crippen LogP contribution < -0.4 is 10.6 Å². The summed E-state index contributed by atoms with van der Waals surface area (Å²) in [5, 5.41) is 5.99. The molecular weight excluding hydrogens is 250 g/mol. The quantitative estimate of drug-likeness (QED) is 0.876. The van der Waals surface area contributed by atoms with Gasteiger partial charge in [-0.05, 0) is 49.5 Å². The first-order valence-electron chi connectivity index (χ1n) is 6.56. The average Bonchev–Trinajstić information content (AvgIpc) is 2.41. The van der Waals surface area contributed by atoms with E-state index < -0.39 is 11.6 Å². The van der Waals surface area contributed by atoms with Gasteiger partial charge in [0.05, 0.1) is 0 Å². The first-order chi connectivity index (χ1) is 9.15. The van der Waals surface area contributed by atoms with Crippen LogP contribution in [0.15, 0.2) is 18.2 Å². The maximum atomic E-state index is 13.0. The van der Waals surface area contributed by atoms with Crippen molar-refractivity contribution in [3.63, 3.8) is 0 Å². The Balaban J connectivity index is 1.77. The van der Waals surface area contributed by atoms with Gasteiger partial charge in [0, 0.05) is 13.0 Å². The Morgan fingerprint density at radius 2 is 2.00 bits per heavy atom. The van der Waals surface area contributed by atoms with E-state index in [2.05, 4.69) is 10.6 Å². The molecule has 0 bridgehead atoms. The number of amides is 1. The van der Waals surface area contributed by atoms with Crippen molar-refractivity contribution < 1.29 is 13.6 Å². The number of carbonyl (C=O) groups is 1. The SMILES string of the molecule is O=C(CC1CCNCC1)NCc1ccc(F)c(F)c1. The van der Waals surface area contributed by atoms with Gasteiger partial charge in [-0.25, -0.2) is 8.78 Å². The van der Waals surface area contributed by atoms with Gasteiger partial charge in [-0.2, -0.15) is 0 Å². The molecule has 1 heterocycles. The van der Waals surface area contributed by atoms with Crippen molar-refractivity contribution in [2.75, 3.05) is 13.1 Å². The standard InChI is InChI=1S/C14H18F2N2O/c15-12-2-1-11(7-13(12)16)9-18-14(19)8-10-3-5-17-6-4-10/h1-2,7,10,17H,3-6,8-9H2,(H,18,19). The summed E-state index contributed by atoms with van der Waals surface area (Å²) in [6.45, 7) is 2.16. The van der Waals surface area contributed by atoms with Crippen LogP contribution in [0.3, 0.4) is 0 Å². The molecule has 0 unspecified atom stereocenters. The molecule has 2 rings (SSSR count). The van der Waals surface area contributed by atoms with Gasteiger partial charge in [0.2, 0.25) is 5.91 Å². The highest BCUT2D eigenvalue weighted by Gasteiger charge is 2.16. The summed E-state index contributed by atoms with van der Waals surface area (Å²) in [7, 11) is 0. The van der Waals surface area contributed by atoms with Gasteiger partial charge in [-0.3, -0.25) is 4.79 Å². The lowest BCUT2D eigenvalue weighted by atomic mass is 9.94. The highest BCUT2D eigenvalue weighted by atomic mass is 19.2. The summed E-state index contributed by atoms with van der Waals surface area (Å²) in [6, 6.07) is 3.66. The Hall–Kier alpha value is -1.49. The average molecular weight is 268 g/mol. The molecule has 1 aliphatic heterocycles. The van der Waals surface area contributed by atoms with Crippen molar-refractivity contribution in [1.82, 2.24) is 10.6 Å². The van der Waals surface area contributed by atoms with Crippen molar-refractivity contribution in [2.24, 2.45) is 5.92 Å². The lowest BCUT2D eigenvalue weighted by Crippen LogP contribution is -2.32. The topological polar surface area (TPSA) is 41.1 Å². The van der Waals surface area contributed by atoms with Gasteiger partial charge in [0.15, 0.2) is 11.6 Å². The van der Waals surface area contributed by atoms with E-state index in [-0.39, 0.29) is 12.5 Å². The smallest absolute Gasteiger partial charge is 0.220 e. The monoisotopic (exact) mass is 268 g/mol. The summed E-state index contributed by atoms with van der Waals surface area (Å²) in [4.78, 5) is 11.7. The maximum Gasteiger partial charge on any atom is 0.220 e. The fourth-order valence-corrected chi connectivity index (χ4v) is 2.27. The predicted octanol–water partition coefficient (Wildman–Crippen LogP) is 1.97. The first-order valence-corrected chi connectivity index (χ1v) is 6.56. The molecule has 0 aliphatic carbocycles. The molecule has 1 amide bonds. The van der Waals surface area contributed by atoms with E-state index in [0.29, 0.717) is 17.9 Å². The third-order valence-electron chi connectivity index (χ3n) is 3.41. The van der Waals surface area contributed by atoms with E-state index >= 15 is 0 Å². The number of hydrogen-bond acceptors (Lipinski definition) is 2. The molecule has 0 aromatic heterocycles. The molecular formula is C14H18F2N2O. The van der Waals surface area contributed by atoms with Gasteiger partial charge in [-0.15, -0.1) is 0 Å². The fourth-order valence-electron chi connectivity index (χ4n) is 2.27. The molecule has 5 heteroatoms. The molecule has 2 N–H and O–H groups in total. The van der Waals surface area contributed by atoms with Crippen molar-refractivity contribution in [1.29, 1.82) is 0 Å². The highest BCUT2D eigenvalue weighted by Crippen LogP contribution is 2.15. The summed E-state index contributed by atoms with van der Waals surface area (Å²) in [6.07, 6.45) is 2.53. The van der Waals surface area contributed by atoms with Crippen LogP contribution in [0.1, 0.15) is 24.8 Å². The largest absolute Gasteiger partial charge is 0.352 e. The second-order valence-corrected chi connectivity index (χ2v) is 4.92. The van der Waals surface area contributed by atoms with E-state index in [1.807, 2.05) is 0 Å². The maximum absolute atomic E-state index is 13.0. The Labute approximate surface area is 111 Å². The predicted molar refractivity (Wildman–Crippen MR) is 68.4 cm³/mol. The minimum absolute atomic E-state index is 0.0309. The second-order valence-electron chi connectivity index (χ2n) is 4.92. The number of hydrogen-bond donors (Lipinski definition) is 2. The van der Waals surface area contributed by atoms with E-state index in [0.717, 1.165) is 38.1 Å². The Morgan fingerprint density at radius 3 is 2.68 bits per heavy atom. The van der Waals surface area contributed by atoms with Gasteiger partial charge in [-0.1, -0.05) is 6.07 Å². The number of nitrogens with one attached hydrogen (secondary N) is 2. The van der Waals surface area contributed by atoms with Crippen molar-refractivity contribution in [2.45, 2.75) is 25.8 Å². The zero-order valence-electron chi connectivity index (χ0n) is 10.7. The molecule has 1 aliphatic rings. The van der Waals surface area contributed by atoms with E-state index in [4.69, 9.17) is 0 Å².